The molecule has 2 heterocycles. The van der Waals surface area contributed by atoms with E-state index in [4.69, 9.17) is 4.74 Å². The lowest BCUT2D eigenvalue weighted by atomic mass is 9.78. The van der Waals surface area contributed by atoms with Crippen molar-refractivity contribution in [2.45, 2.75) is 77.0 Å². The molecule has 1 saturated carbocycles. The van der Waals surface area contributed by atoms with Gasteiger partial charge in [-0.2, -0.15) is 0 Å². The van der Waals surface area contributed by atoms with Gasteiger partial charge in [0.25, 0.3) is 0 Å². The molecule has 29 heavy (non-hydrogen) atoms. The number of carboxylic acid groups (broad SMARTS) is 1. The summed E-state index contributed by atoms with van der Waals surface area (Å²) < 4.78 is 5.68. The van der Waals surface area contributed by atoms with Gasteiger partial charge in [0.2, 0.25) is 0 Å². The highest BCUT2D eigenvalue weighted by molar-refractivity contribution is 5.88. The Morgan fingerprint density at radius 2 is 1.83 bits per heavy atom. The Bertz CT molecular complexity index is 921. The molecule has 4 rings (SSSR count). The van der Waals surface area contributed by atoms with Crippen LogP contribution in [0.25, 0.3) is 10.9 Å². The fourth-order valence-corrected chi connectivity index (χ4v) is 4.99. The highest BCUT2D eigenvalue weighted by atomic mass is 16.6. The number of carbonyl (C=O) groups excluding carboxylic acids is 1. The molecule has 2 aromatic rings. The first-order chi connectivity index (χ1) is 13.8. The lowest BCUT2D eigenvalue weighted by Crippen LogP contribution is -2.54. The number of aromatic nitrogens is 1. The number of nitrogens with one attached hydrogen (secondary N) is 1. The number of H-pyrrole nitrogens is 1. The van der Waals surface area contributed by atoms with Crippen molar-refractivity contribution in [1.82, 2.24) is 9.88 Å². The summed E-state index contributed by atoms with van der Waals surface area (Å²) >= 11 is 0. The van der Waals surface area contributed by atoms with Crippen LogP contribution in [0.4, 0.5) is 4.79 Å². The maximum Gasteiger partial charge on any atom is 0.411 e. The summed E-state index contributed by atoms with van der Waals surface area (Å²) in [6.45, 7) is 5.44. The van der Waals surface area contributed by atoms with Gasteiger partial charge in [0.1, 0.15) is 11.6 Å². The summed E-state index contributed by atoms with van der Waals surface area (Å²) in [5, 5.41) is 11.1. The Hall–Kier alpha value is -2.50. The molecule has 6 heteroatoms. The first kappa shape index (κ1) is 19.8. The summed E-state index contributed by atoms with van der Waals surface area (Å²) in [6.07, 6.45) is 5.14. The fourth-order valence-electron chi connectivity index (χ4n) is 4.99. The van der Waals surface area contributed by atoms with E-state index in [9.17, 15) is 14.7 Å². The Morgan fingerprint density at radius 1 is 1.14 bits per heavy atom. The Labute approximate surface area is 171 Å². The predicted octanol–water partition coefficient (Wildman–Crippen LogP) is 5.04. The van der Waals surface area contributed by atoms with Crippen LogP contribution in [0.2, 0.25) is 0 Å². The summed E-state index contributed by atoms with van der Waals surface area (Å²) in [5.41, 5.74) is 2.33. The second-order valence-electron chi connectivity index (χ2n) is 9.35. The maximum atomic E-state index is 13.2. The number of ether oxygens (including phenoxy) is 1. The van der Waals surface area contributed by atoms with Crippen LogP contribution in [0.3, 0.4) is 0 Å². The number of benzene rings is 1. The average molecular weight is 399 g/mol. The monoisotopic (exact) mass is 398 g/mol. The largest absolute Gasteiger partial charge is 0.480 e. The van der Waals surface area contributed by atoms with Gasteiger partial charge in [-0.05, 0) is 51.2 Å². The van der Waals surface area contributed by atoms with Gasteiger partial charge < -0.3 is 14.8 Å². The molecule has 2 atom stereocenters. The number of fused-ring (bicyclic) bond motifs is 3. The normalized spacial score (nSPS) is 23.1. The topological polar surface area (TPSA) is 82.6 Å². The highest BCUT2D eigenvalue weighted by Gasteiger charge is 2.47. The predicted molar refractivity (Wildman–Crippen MR) is 111 cm³/mol. The van der Waals surface area contributed by atoms with Gasteiger partial charge in [-0.1, -0.05) is 37.5 Å². The van der Waals surface area contributed by atoms with Crippen LogP contribution in [-0.4, -0.2) is 38.7 Å². The SMILES string of the molecule is CC(C)(C)OC(=O)N1[C@@H](C(=O)O)Cc2c([nH]c3ccccc23)[C@H]1C1CCCCC1. The van der Waals surface area contributed by atoms with E-state index in [0.717, 1.165) is 47.8 Å². The zero-order valence-corrected chi connectivity index (χ0v) is 17.4. The highest BCUT2D eigenvalue weighted by Crippen LogP contribution is 2.46. The Kier molecular flexibility index (Phi) is 5.05. The number of rotatable bonds is 2. The van der Waals surface area contributed by atoms with Crippen molar-refractivity contribution in [2.75, 3.05) is 0 Å². The average Bonchev–Trinajstić information content (AvgIpc) is 3.04. The van der Waals surface area contributed by atoms with Crippen molar-refractivity contribution in [1.29, 1.82) is 0 Å². The summed E-state index contributed by atoms with van der Waals surface area (Å²) in [6, 6.07) is 6.76. The molecule has 1 fully saturated rings. The van der Waals surface area contributed by atoms with Crippen molar-refractivity contribution in [3.05, 3.63) is 35.5 Å². The number of aromatic amines is 1. The van der Waals surface area contributed by atoms with Crippen molar-refractivity contribution >= 4 is 23.0 Å². The minimum Gasteiger partial charge on any atom is -0.480 e. The van der Waals surface area contributed by atoms with E-state index in [1.165, 1.54) is 11.3 Å². The molecule has 0 unspecified atom stereocenters. The van der Waals surface area contributed by atoms with Crippen LogP contribution in [-0.2, 0) is 16.0 Å². The molecule has 0 radical (unpaired) electrons. The molecule has 2 N–H and O–H groups in total. The molecule has 1 aromatic carbocycles. The molecule has 0 bridgehead atoms. The number of amides is 1. The van der Waals surface area contributed by atoms with Crippen molar-refractivity contribution < 1.29 is 19.4 Å². The van der Waals surface area contributed by atoms with E-state index < -0.39 is 23.7 Å². The van der Waals surface area contributed by atoms with Gasteiger partial charge in [-0.3, -0.25) is 4.90 Å². The third-order valence-corrected chi connectivity index (χ3v) is 6.16. The van der Waals surface area contributed by atoms with E-state index in [1.807, 2.05) is 45.0 Å². The molecule has 0 saturated heterocycles. The summed E-state index contributed by atoms with van der Waals surface area (Å²) in [4.78, 5) is 30.5. The van der Waals surface area contributed by atoms with Crippen LogP contribution in [0.15, 0.2) is 24.3 Å². The molecular weight excluding hydrogens is 368 g/mol. The number of aliphatic carboxylic acids is 1. The number of para-hydroxylation sites is 1. The Morgan fingerprint density at radius 3 is 2.48 bits per heavy atom. The number of hydrogen-bond acceptors (Lipinski definition) is 3. The van der Waals surface area contributed by atoms with E-state index in [0.29, 0.717) is 0 Å². The zero-order chi connectivity index (χ0) is 20.8. The van der Waals surface area contributed by atoms with Crippen LogP contribution in [0.5, 0.6) is 0 Å². The minimum absolute atomic E-state index is 0.227. The maximum absolute atomic E-state index is 13.2. The first-order valence-corrected chi connectivity index (χ1v) is 10.6. The third-order valence-electron chi connectivity index (χ3n) is 6.16. The lowest BCUT2D eigenvalue weighted by molar-refractivity contribution is -0.145. The molecule has 1 aliphatic heterocycles. The molecule has 1 aliphatic carbocycles. The molecule has 1 aromatic heterocycles. The van der Waals surface area contributed by atoms with Gasteiger partial charge in [0.05, 0.1) is 6.04 Å². The smallest absolute Gasteiger partial charge is 0.411 e. The van der Waals surface area contributed by atoms with Crippen molar-refractivity contribution in [2.24, 2.45) is 5.92 Å². The molecule has 2 aliphatic rings. The number of carbonyl (C=O) groups is 2. The van der Waals surface area contributed by atoms with Gasteiger partial charge in [0.15, 0.2) is 0 Å². The van der Waals surface area contributed by atoms with Crippen LogP contribution < -0.4 is 0 Å². The fraction of sp³-hybridized carbons (Fsp3) is 0.565. The third kappa shape index (κ3) is 3.72. The lowest BCUT2D eigenvalue weighted by Gasteiger charge is -2.44. The standard InChI is InChI=1S/C23H30N2O4/c1-23(2,3)29-22(28)25-18(21(26)27)13-16-15-11-7-8-12-17(15)24-19(16)20(25)14-9-5-4-6-10-14/h7-8,11-12,14,18,20,24H,4-6,9-10,13H2,1-3H3,(H,26,27)/t18-,20-/m1/s1. The molecule has 156 valence electrons. The molecule has 6 nitrogen and oxygen atoms in total. The van der Waals surface area contributed by atoms with E-state index in [1.54, 1.807) is 0 Å². The number of hydrogen-bond donors (Lipinski definition) is 2. The van der Waals surface area contributed by atoms with Gasteiger partial charge >= 0.3 is 12.1 Å². The van der Waals surface area contributed by atoms with Gasteiger partial charge in [-0.15, -0.1) is 0 Å². The minimum atomic E-state index is -0.979. The van der Waals surface area contributed by atoms with E-state index in [-0.39, 0.29) is 18.4 Å². The van der Waals surface area contributed by atoms with Crippen LogP contribution >= 0.6 is 0 Å². The first-order valence-electron chi connectivity index (χ1n) is 10.6. The van der Waals surface area contributed by atoms with Gasteiger partial charge in [0, 0.05) is 23.0 Å². The second kappa shape index (κ2) is 7.39. The van der Waals surface area contributed by atoms with E-state index in [2.05, 4.69) is 4.98 Å². The van der Waals surface area contributed by atoms with Crippen LogP contribution in [0, 0.1) is 5.92 Å². The van der Waals surface area contributed by atoms with Gasteiger partial charge in [-0.25, -0.2) is 9.59 Å². The molecule has 0 spiro atoms. The molecule has 1 amide bonds. The van der Waals surface area contributed by atoms with Crippen molar-refractivity contribution in [3.8, 4) is 0 Å². The zero-order valence-electron chi connectivity index (χ0n) is 17.4. The molecular formula is C23H30N2O4. The number of carboxylic acids is 1. The van der Waals surface area contributed by atoms with Crippen LogP contribution in [0.1, 0.15) is 70.2 Å². The second-order valence-corrected chi connectivity index (χ2v) is 9.35. The van der Waals surface area contributed by atoms with E-state index >= 15 is 0 Å². The Balaban J connectivity index is 1.86. The summed E-state index contributed by atoms with van der Waals surface area (Å²) in [5.74, 6) is -0.752. The van der Waals surface area contributed by atoms with Crippen molar-refractivity contribution in [3.63, 3.8) is 0 Å². The summed E-state index contributed by atoms with van der Waals surface area (Å²) in [7, 11) is 0. The quantitative estimate of drug-likeness (QED) is 0.743. The number of nitrogens with zero attached hydrogens (tertiary/aromatic N) is 1.